The van der Waals surface area contributed by atoms with Crippen molar-refractivity contribution in [3.8, 4) is 0 Å². The van der Waals surface area contributed by atoms with E-state index in [1.54, 1.807) is 12.4 Å². The fraction of sp³-hybridized carbons (Fsp3) is 0.421. The van der Waals surface area contributed by atoms with Gasteiger partial charge < -0.3 is 24.4 Å². The predicted octanol–water partition coefficient (Wildman–Crippen LogP) is 1.26. The lowest BCUT2D eigenvalue weighted by Crippen LogP contribution is -2.50. The topological polar surface area (TPSA) is 96.4 Å². The van der Waals surface area contributed by atoms with Crippen LogP contribution in [0.1, 0.15) is 29.1 Å². The number of imidazole rings is 1. The third kappa shape index (κ3) is 3.86. The highest BCUT2D eigenvalue weighted by atomic mass is 16.5. The number of aliphatic hydroxyl groups is 1. The maximum atomic E-state index is 12.3. The first-order valence-corrected chi connectivity index (χ1v) is 9.07. The van der Waals surface area contributed by atoms with Crippen LogP contribution in [-0.4, -0.2) is 62.9 Å². The summed E-state index contributed by atoms with van der Waals surface area (Å²) in [7, 11) is 2.03. The second kappa shape index (κ2) is 7.13. The fourth-order valence-electron chi connectivity index (χ4n) is 3.35. The molecule has 1 saturated heterocycles. The lowest BCUT2D eigenvalue weighted by Gasteiger charge is -2.36. The standard InChI is InChI=1S/C19H23N5O3/c1-23-8-6-19(26,7-9-23)12-20-18(25)16-10-14(27-22-16)11-24-13-21-15-4-2-3-5-17(15)24/h2-5,10,13,26H,6-9,11-12H2,1H3,(H,20,25). The zero-order valence-electron chi connectivity index (χ0n) is 15.3. The Morgan fingerprint density at radius 1 is 1.33 bits per heavy atom. The van der Waals surface area contributed by atoms with Crippen molar-refractivity contribution in [2.45, 2.75) is 25.0 Å². The van der Waals surface area contributed by atoms with Crippen molar-refractivity contribution in [2.75, 3.05) is 26.7 Å². The van der Waals surface area contributed by atoms with Gasteiger partial charge in [-0.1, -0.05) is 17.3 Å². The highest BCUT2D eigenvalue weighted by Crippen LogP contribution is 2.20. The summed E-state index contributed by atoms with van der Waals surface area (Å²) in [5.74, 6) is 0.231. The summed E-state index contributed by atoms with van der Waals surface area (Å²) < 4.78 is 7.25. The van der Waals surface area contributed by atoms with Gasteiger partial charge in [-0.3, -0.25) is 4.79 Å². The highest BCUT2D eigenvalue weighted by Gasteiger charge is 2.31. The zero-order valence-corrected chi connectivity index (χ0v) is 15.3. The van der Waals surface area contributed by atoms with E-state index in [0.29, 0.717) is 25.1 Å². The molecule has 8 nitrogen and oxygen atoms in total. The lowest BCUT2D eigenvalue weighted by atomic mass is 9.91. The Balaban J connectivity index is 1.38. The molecule has 0 aliphatic carbocycles. The maximum Gasteiger partial charge on any atom is 0.273 e. The number of hydrogen-bond donors (Lipinski definition) is 2. The lowest BCUT2D eigenvalue weighted by molar-refractivity contribution is -0.0135. The number of amides is 1. The zero-order chi connectivity index (χ0) is 18.9. The Labute approximate surface area is 156 Å². The van der Waals surface area contributed by atoms with Crippen LogP contribution < -0.4 is 5.32 Å². The van der Waals surface area contributed by atoms with Gasteiger partial charge in [0.25, 0.3) is 5.91 Å². The Morgan fingerprint density at radius 2 is 2.11 bits per heavy atom. The number of nitrogens with zero attached hydrogens (tertiary/aromatic N) is 4. The number of likely N-dealkylation sites (tertiary alicyclic amines) is 1. The molecule has 0 unspecified atom stereocenters. The Morgan fingerprint density at radius 3 is 2.93 bits per heavy atom. The minimum absolute atomic E-state index is 0.214. The molecule has 0 radical (unpaired) electrons. The van der Waals surface area contributed by atoms with Gasteiger partial charge in [0.1, 0.15) is 0 Å². The van der Waals surface area contributed by atoms with Crippen molar-refractivity contribution in [3.05, 3.63) is 48.1 Å². The molecule has 1 aromatic carbocycles. The summed E-state index contributed by atoms with van der Waals surface area (Å²) in [4.78, 5) is 18.9. The number of benzene rings is 1. The number of nitrogens with one attached hydrogen (secondary N) is 1. The van der Waals surface area contributed by atoms with Crippen molar-refractivity contribution in [1.29, 1.82) is 0 Å². The number of fused-ring (bicyclic) bond motifs is 1. The summed E-state index contributed by atoms with van der Waals surface area (Å²) in [6.07, 6.45) is 3.02. The number of rotatable bonds is 5. The number of carbonyl (C=O) groups excluding carboxylic acids is 1. The van der Waals surface area contributed by atoms with E-state index in [4.69, 9.17) is 4.52 Å². The normalized spacial score (nSPS) is 17.3. The molecule has 2 N–H and O–H groups in total. The Hall–Kier alpha value is -2.71. The molecule has 2 aromatic heterocycles. The van der Waals surface area contributed by atoms with Crippen molar-refractivity contribution in [1.82, 2.24) is 24.9 Å². The second-order valence-corrected chi connectivity index (χ2v) is 7.25. The number of piperidine rings is 1. The summed E-state index contributed by atoms with van der Waals surface area (Å²) in [5.41, 5.74) is 1.25. The molecule has 0 spiro atoms. The molecule has 0 atom stereocenters. The highest BCUT2D eigenvalue weighted by molar-refractivity contribution is 5.92. The van der Waals surface area contributed by atoms with E-state index >= 15 is 0 Å². The molecule has 142 valence electrons. The van der Waals surface area contributed by atoms with E-state index in [0.717, 1.165) is 24.1 Å². The monoisotopic (exact) mass is 369 g/mol. The van der Waals surface area contributed by atoms with Gasteiger partial charge in [-0.05, 0) is 32.0 Å². The van der Waals surface area contributed by atoms with Gasteiger partial charge in [-0.25, -0.2) is 4.98 Å². The van der Waals surface area contributed by atoms with E-state index in [9.17, 15) is 9.90 Å². The van der Waals surface area contributed by atoms with E-state index in [1.807, 2.05) is 35.9 Å². The SMILES string of the molecule is CN1CCC(O)(CNC(=O)c2cc(Cn3cnc4ccccc43)on2)CC1. The summed E-state index contributed by atoms with van der Waals surface area (Å²) in [6.45, 7) is 2.30. The molecule has 1 aliphatic heterocycles. The molecular weight excluding hydrogens is 346 g/mol. The summed E-state index contributed by atoms with van der Waals surface area (Å²) in [6, 6.07) is 9.44. The Kier molecular flexibility index (Phi) is 4.67. The molecule has 4 rings (SSSR count). The molecule has 1 amide bonds. The van der Waals surface area contributed by atoms with Crippen LogP contribution in [0.4, 0.5) is 0 Å². The predicted molar refractivity (Wildman–Crippen MR) is 99.4 cm³/mol. The number of carbonyl (C=O) groups is 1. The molecule has 3 aromatic rings. The van der Waals surface area contributed by atoms with Gasteiger partial charge in [0.2, 0.25) is 0 Å². The smallest absolute Gasteiger partial charge is 0.273 e. The Bertz CT molecular complexity index is 940. The third-order valence-corrected chi connectivity index (χ3v) is 5.14. The molecule has 1 aliphatic rings. The first-order chi connectivity index (χ1) is 13.0. The largest absolute Gasteiger partial charge is 0.388 e. The van der Waals surface area contributed by atoms with Crippen molar-refractivity contribution >= 4 is 16.9 Å². The molecule has 27 heavy (non-hydrogen) atoms. The van der Waals surface area contributed by atoms with E-state index in [1.165, 1.54) is 0 Å². The van der Waals surface area contributed by atoms with Crippen LogP contribution in [0, 0.1) is 0 Å². The number of aromatic nitrogens is 3. The van der Waals surface area contributed by atoms with Gasteiger partial charge in [-0.15, -0.1) is 0 Å². The fourth-order valence-corrected chi connectivity index (χ4v) is 3.35. The van der Waals surface area contributed by atoms with Crippen molar-refractivity contribution in [2.24, 2.45) is 0 Å². The van der Waals surface area contributed by atoms with Crippen LogP contribution in [0.25, 0.3) is 11.0 Å². The second-order valence-electron chi connectivity index (χ2n) is 7.25. The van der Waals surface area contributed by atoms with Crippen LogP contribution in [0.3, 0.4) is 0 Å². The van der Waals surface area contributed by atoms with Gasteiger partial charge in [0.05, 0.1) is 29.5 Å². The van der Waals surface area contributed by atoms with Crippen LogP contribution in [0.5, 0.6) is 0 Å². The molecule has 0 bridgehead atoms. The van der Waals surface area contributed by atoms with Crippen LogP contribution >= 0.6 is 0 Å². The maximum absolute atomic E-state index is 12.3. The molecule has 1 fully saturated rings. The minimum Gasteiger partial charge on any atom is -0.388 e. The van der Waals surface area contributed by atoms with E-state index in [2.05, 4.69) is 20.4 Å². The van der Waals surface area contributed by atoms with Crippen LogP contribution in [0.15, 0.2) is 41.2 Å². The van der Waals surface area contributed by atoms with Crippen LogP contribution in [0.2, 0.25) is 0 Å². The summed E-state index contributed by atoms with van der Waals surface area (Å²) >= 11 is 0. The van der Waals surface area contributed by atoms with Gasteiger partial charge in [0.15, 0.2) is 11.5 Å². The number of para-hydroxylation sites is 2. The van der Waals surface area contributed by atoms with Crippen molar-refractivity contribution < 1.29 is 14.4 Å². The van der Waals surface area contributed by atoms with E-state index < -0.39 is 5.60 Å². The first kappa shape index (κ1) is 17.7. The average Bonchev–Trinajstić information content (AvgIpc) is 3.31. The third-order valence-electron chi connectivity index (χ3n) is 5.14. The summed E-state index contributed by atoms with van der Waals surface area (Å²) in [5, 5.41) is 17.2. The molecule has 3 heterocycles. The quantitative estimate of drug-likeness (QED) is 0.703. The molecule has 8 heteroatoms. The average molecular weight is 369 g/mol. The van der Waals surface area contributed by atoms with Gasteiger partial charge >= 0.3 is 0 Å². The molecular formula is C19H23N5O3. The van der Waals surface area contributed by atoms with Crippen LogP contribution in [-0.2, 0) is 6.54 Å². The van der Waals surface area contributed by atoms with Crippen molar-refractivity contribution in [3.63, 3.8) is 0 Å². The number of hydrogen-bond acceptors (Lipinski definition) is 6. The van der Waals surface area contributed by atoms with Gasteiger partial charge in [-0.2, -0.15) is 0 Å². The molecule has 0 saturated carbocycles. The van der Waals surface area contributed by atoms with E-state index in [-0.39, 0.29) is 18.1 Å². The minimum atomic E-state index is -0.857. The van der Waals surface area contributed by atoms with Gasteiger partial charge in [0, 0.05) is 25.7 Å². The first-order valence-electron chi connectivity index (χ1n) is 9.07.